The molecule has 24 heavy (non-hydrogen) atoms. The summed E-state index contributed by atoms with van der Waals surface area (Å²) in [5.74, 6) is 1.62. The molecular formula is C20H28O4. The SMILES string of the molecule is CCCCCCC1=CC(=O)C(C)(COCc2ccc(OC)cc2)O1. The standard InChI is InChI=1S/C20H28O4/c1-4-5-6-7-8-18-13-19(21)20(2,24-18)15-23-14-16-9-11-17(22-3)12-10-16/h9-13H,4-8,14-15H2,1-3H3. The zero-order valence-corrected chi connectivity index (χ0v) is 15.0. The molecule has 0 spiro atoms. The summed E-state index contributed by atoms with van der Waals surface area (Å²) >= 11 is 0. The average Bonchev–Trinajstić information content (AvgIpc) is 2.87. The lowest BCUT2D eigenvalue weighted by Crippen LogP contribution is -2.38. The third-order valence-corrected chi connectivity index (χ3v) is 4.25. The van der Waals surface area contributed by atoms with Gasteiger partial charge in [-0.15, -0.1) is 0 Å². The summed E-state index contributed by atoms with van der Waals surface area (Å²) in [5.41, 5.74) is 0.157. The van der Waals surface area contributed by atoms with E-state index in [-0.39, 0.29) is 12.4 Å². The number of ketones is 1. The molecule has 1 heterocycles. The molecule has 0 aliphatic carbocycles. The Labute approximate surface area is 144 Å². The van der Waals surface area contributed by atoms with Gasteiger partial charge in [-0.3, -0.25) is 4.79 Å². The molecule has 1 aromatic rings. The molecule has 4 heteroatoms. The van der Waals surface area contributed by atoms with Crippen molar-refractivity contribution in [3.63, 3.8) is 0 Å². The quantitative estimate of drug-likeness (QED) is 0.595. The van der Waals surface area contributed by atoms with Crippen molar-refractivity contribution in [2.45, 2.75) is 58.2 Å². The predicted octanol–water partition coefficient (Wildman–Crippen LogP) is 4.42. The zero-order chi connectivity index (χ0) is 17.4. The monoisotopic (exact) mass is 332 g/mol. The average molecular weight is 332 g/mol. The minimum Gasteiger partial charge on any atom is -0.497 e. The van der Waals surface area contributed by atoms with Crippen molar-refractivity contribution in [2.24, 2.45) is 0 Å². The van der Waals surface area contributed by atoms with E-state index in [1.165, 1.54) is 19.3 Å². The Hall–Kier alpha value is -1.81. The number of allylic oxidation sites excluding steroid dienone is 1. The summed E-state index contributed by atoms with van der Waals surface area (Å²) < 4.78 is 16.7. The molecule has 0 saturated carbocycles. The van der Waals surface area contributed by atoms with E-state index >= 15 is 0 Å². The number of carbonyl (C=O) groups is 1. The van der Waals surface area contributed by atoms with Crippen LogP contribution in [-0.4, -0.2) is 25.1 Å². The number of rotatable bonds is 10. The number of methoxy groups -OCH3 is 1. The maximum Gasteiger partial charge on any atom is 0.204 e. The molecule has 0 saturated heterocycles. The van der Waals surface area contributed by atoms with Crippen molar-refractivity contribution in [1.29, 1.82) is 0 Å². The van der Waals surface area contributed by atoms with Crippen molar-refractivity contribution in [3.05, 3.63) is 41.7 Å². The van der Waals surface area contributed by atoms with E-state index in [9.17, 15) is 4.79 Å². The molecule has 2 rings (SSSR count). The normalized spacial score (nSPS) is 20.0. The molecule has 1 aliphatic heterocycles. The molecule has 1 aliphatic rings. The number of hydrogen-bond donors (Lipinski definition) is 0. The van der Waals surface area contributed by atoms with E-state index in [4.69, 9.17) is 14.2 Å². The first kappa shape index (κ1) is 18.5. The van der Waals surface area contributed by atoms with Crippen molar-refractivity contribution < 1.29 is 19.0 Å². The highest BCUT2D eigenvalue weighted by Crippen LogP contribution is 2.29. The van der Waals surface area contributed by atoms with Gasteiger partial charge in [0.25, 0.3) is 0 Å². The minimum absolute atomic E-state index is 0.00252. The van der Waals surface area contributed by atoms with Gasteiger partial charge >= 0.3 is 0 Å². The molecule has 4 nitrogen and oxygen atoms in total. The van der Waals surface area contributed by atoms with Crippen LogP contribution in [0.4, 0.5) is 0 Å². The van der Waals surface area contributed by atoms with E-state index in [0.717, 1.165) is 29.9 Å². The second kappa shape index (κ2) is 8.88. The Morgan fingerprint density at radius 1 is 1.12 bits per heavy atom. The minimum atomic E-state index is -0.882. The van der Waals surface area contributed by atoms with Gasteiger partial charge in [0.15, 0.2) is 5.60 Å². The second-order valence-electron chi connectivity index (χ2n) is 6.46. The maximum atomic E-state index is 12.2. The van der Waals surface area contributed by atoms with Crippen LogP contribution < -0.4 is 4.74 Å². The molecule has 1 atom stereocenters. The smallest absolute Gasteiger partial charge is 0.204 e. The maximum absolute atomic E-state index is 12.2. The van der Waals surface area contributed by atoms with E-state index in [1.807, 2.05) is 24.3 Å². The van der Waals surface area contributed by atoms with E-state index in [1.54, 1.807) is 20.1 Å². The van der Waals surface area contributed by atoms with Crippen LogP contribution in [0.1, 0.15) is 51.5 Å². The van der Waals surface area contributed by atoms with Gasteiger partial charge < -0.3 is 14.2 Å². The number of benzene rings is 1. The van der Waals surface area contributed by atoms with E-state index < -0.39 is 5.60 Å². The van der Waals surface area contributed by atoms with Crippen molar-refractivity contribution in [1.82, 2.24) is 0 Å². The third kappa shape index (κ3) is 5.10. The van der Waals surface area contributed by atoms with Crippen LogP contribution in [0.3, 0.4) is 0 Å². The van der Waals surface area contributed by atoms with Gasteiger partial charge in [0.2, 0.25) is 5.78 Å². The summed E-state index contributed by atoms with van der Waals surface area (Å²) in [6.45, 7) is 4.69. The first-order valence-electron chi connectivity index (χ1n) is 8.72. The first-order valence-corrected chi connectivity index (χ1v) is 8.72. The lowest BCUT2D eigenvalue weighted by atomic mass is 10.0. The summed E-state index contributed by atoms with van der Waals surface area (Å²) in [6, 6.07) is 7.70. The number of unbranched alkanes of at least 4 members (excludes halogenated alkanes) is 3. The topological polar surface area (TPSA) is 44.8 Å². The van der Waals surface area contributed by atoms with Crippen LogP contribution >= 0.6 is 0 Å². The Kier molecular flexibility index (Phi) is 6.85. The van der Waals surface area contributed by atoms with Crippen LogP contribution in [0.15, 0.2) is 36.1 Å². The van der Waals surface area contributed by atoms with Crippen molar-refractivity contribution in [3.8, 4) is 5.75 Å². The molecule has 0 aromatic heterocycles. The van der Waals surface area contributed by atoms with Gasteiger partial charge in [-0.2, -0.15) is 0 Å². The highest BCUT2D eigenvalue weighted by atomic mass is 16.6. The Morgan fingerprint density at radius 2 is 1.88 bits per heavy atom. The van der Waals surface area contributed by atoms with Crippen LogP contribution in [-0.2, 0) is 20.9 Å². The molecule has 0 radical (unpaired) electrons. The van der Waals surface area contributed by atoms with Crippen LogP contribution in [0.2, 0.25) is 0 Å². The van der Waals surface area contributed by atoms with Gasteiger partial charge in [0, 0.05) is 12.5 Å². The molecule has 0 fully saturated rings. The Morgan fingerprint density at radius 3 is 2.54 bits per heavy atom. The molecular weight excluding hydrogens is 304 g/mol. The largest absolute Gasteiger partial charge is 0.497 e. The van der Waals surface area contributed by atoms with Crippen LogP contribution in [0.25, 0.3) is 0 Å². The van der Waals surface area contributed by atoms with Crippen LogP contribution in [0, 0.1) is 0 Å². The fraction of sp³-hybridized carbons (Fsp3) is 0.550. The molecule has 0 bridgehead atoms. The van der Waals surface area contributed by atoms with E-state index in [2.05, 4.69) is 6.92 Å². The predicted molar refractivity (Wildman–Crippen MR) is 94.0 cm³/mol. The summed E-state index contributed by atoms with van der Waals surface area (Å²) in [6.07, 6.45) is 7.15. The Bertz CT molecular complexity index is 562. The second-order valence-corrected chi connectivity index (χ2v) is 6.46. The summed E-state index contributed by atoms with van der Waals surface area (Å²) in [5, 5.41) is 0. The number of hydrogen-bond acceptors (Lipinski definition) is 4. The van der Waals surface area contributed by atoms with Gasteiger partial charge in [-0.05, 0) is 31.0 Å². The van der Waals surface area contributed by atoms with Gasteiger partial charge in [0.05, 0.1) is 20.3 Å². The zero-order valence-electron chi connectivity index (χ0n) is 15.0. The van der Waals surface area contributed by atoms with E-state index in [0.29, 0.717) is 6.61 Å². The highest BCUT2D eigenvalue weighted by Gasteiger charge is 2.40. The van der Waals surface area contributed by atoms with Gasteiger partial charge in [-0.1, -0.05) is 38.3 Å². The van der Waals surface area contributed by atoms with Crippen LogP contribution in [0.5, 0.6) is 5.75 Å². The lowest BCUT2D eigenvalue weighted by molar-refractivity contribution is -0.135. The van der Waals surface area contributed by atoms with Crippen molar-refractivity contribution >= 4 is 5.78 Å². The molecule has 1 aromatic carbocycles. The lowest BCUT2D eigenvalue weighted by Gasteiger charge is -2.23. The highest BCUT2D eigenvalue weighted by molar-refractivity contribution is 5.99. The van der Waals surface area contributed by atoms with Crippen molar-refractivity contribution in [2.75, 3.05) is 13.7 Å². The fourth-order valence-corrected chi connectivity index (χ4v) is 2.70. The summed E-state index contributed by atoms with van der Waals surface area (Å²) in [7, 11) is 1.64. The first-order chi connectivity index (χ1) is 11.6. The number of carbonyl (C=O) groups excluding carboxylic acids is 1. The number of ether oxygens (including phenoxy) is 3. The Balaban J connectivity index is 1.76. The summed E-state index contributed by atoms with van der Waals surface area (Å²) in [4.78, 5) is 12.2. The third-order valence-electron chi connectivity index (χ3n) is 4.25. The fourth-order valence-electron chi connectivity index (χ4n) is 2.70. The molecule has 132 valence electrons. The van der Waals surface area contributed by atoms with Gasteiger partial charge in [-0.25, -0.2) is 0 Å². The van der Waals surface area contributed by atoms with Gasteiger partial charge in [0.1, 0.15) is 11.5 Å². The molecule has 0 amide bonds. The molecule has 0 N–H and O–H groups in total. The molecule has 1 unspecified atom stereocenters.